The molecule has 0 unspecified atom stereocenters. The number of nitrogens with one attached hydrogen (secondary N) is 2. The third-order valence-corrected chi connectivity index (χ3v) is 2.15. The van der Waals surface area contributed by atoms with Crippen molar-refractivity contribution in [1.29, 1.82) is 0 Å². The molecule has 0 radical (unpaired) electrons. The minimum absolute atomic E-state index is 0.208. The van der Waals surface area contributed by atoms with Gasteiger partial charge in [-0.05, 0) is 12.8 Å². The van der Waals surface area contributed by atoms with E-state index in [2.05, 4.69) is 10.9 Å². The Morgan fingerprint density at radius 3 is 2.55 bits per heavy atom. The molecule has 1 rings (SSSR count). The normalized spacial score (nSPS) is 20.5. The van der Waals surface area contributed by atoms with Crippen LogP contribution in [0.25, 0.3) is 0 Å². The van der Waals surface area contributed by atoms with Gasteiger partial charge in [-0.15, -0.1) is 0 Å². The molecule has 1 aliphatic rings. The molecule has 0 saturated heterocycles. The lowest BCUT2D eigenvalue weighted by Crippen LogP contribution is -2.42. The smallest absolute Gasteiger partial charge is 0.0569 e. The second-order valence-corrected chi connectivity index (χ2v) is 3.13. The van der Waals surface area contributed by atoms with Gasteiger partial charge in [-0.3, -0.25) is 10.9 Å². The highest BCUT2D eigenvalue weighted by atomic mass is 16.3. The molecule has 66 valence electrons. The number of hydrogen-bond acceptors (Lipinski definition) is 3. The fraction of sp³-hybridized carbons (Fsp3) is 1.00. The highest BCUT2D eigenvalue weighted by Crippen LogP contribution is 2.16. The summed E-state index contributed by atoms with van der Waals surface area (Å²) in [6.07, 6.45) is 6.63. The van der Waals surface area contributed by atoms with Crippen LogP contribution in [0, 0.1) is 0 Å². The first kappa shape index (κ1) is 8.97. The van der Waals surface area contributed by atoms with Crippen LogP contribution in [0.4, 0.5) is 0 Å². The van der Waals surface area contributed by atoms with E-state index in [-0.39, 0.29) is 6.61 Å². The Kier molecular flexibility index (Phi) is 4.50. The Morgan fingerprint density at radius 1 is 1.18 bits per heavy atom. The molecule has 1 fully saturated rings. The first-order chi connectivity index (χ1) is 5.43. The standard InChI is InChI=1S/C8H18N2O/c11-7-6-9-10-8-4-2-1-3-5-8/h8-11H,1-7H2. The fourth-order valence-electron chi connectivity index (χ4n) is 1.52. The summed E-state index contributed by atoms with van der Waals surface area (Å²) in [5.74, 6) is 0. The molecule has 11 heavy (non-hydrogen) atoms. The van der Waals surface area contributed by atoms with Gasteiger partial charge in [0.05, 0.1) is 6.61 Å². The van der Waals surface area contributed by atoms with Crippen molar-refractivity contribution in [2.24, 2.45) is 0 Å². The molecule has 1 aliphatic carbocycles. The zero-order valence-electron chi connectivity index (χ0n) is 6.97. The monoisotopic (exact) mass is 158 g/mol. The van der Waals surface area contributed by atoms with Crippen molar-refractivity contribution < 1.29 is 5.11 Å². The Labute approximate surface area is 68.2 Å². The predicted molar refractivity (Wildman–Crippen MR) is 45.1 cm³/mol. The molecule has 0 amide bonds. The maximum absolute atomic E-state index is 8.49. The van der Waals surface area contributed by atoms with Crippen molar-refractivity contribution in [1.82, 2.24) is 10.9 Å². The molecule has 0 aromatic carbocycles. The van der Waals surface area contributed by atoms with E-state index in [1.54, 1.807) is 0 Å². The Balaban J connectivity index is 1.96. The second-order valence-electron chi connectivity index (χ2n) is 3.13. The quantitative estimate of drug-likeness (QED) is 0.410. The molecule has 0 spiro atoms. The summed E-state index contributed by atoms with van der Waals surface area (Å²) >= 11 is 0. The fourth-order valence-corrected chi connectivity index (χ4v) is 1.52. The van der Waals surface area contributed by atoms with Gasteiger partial charge >= 0.3 is 0 Å². The molecule has 0 atom stereocenters. The van der Waals surface area contributed by atoms with Crippen LogP contribution in [0.1, 0.15) is 32.1 Å². The van der Waals surface area contributed by atoms with Crippen LogP contribution in [0.3, 0.4) is 0 Å². The number of rotatable bonds is 4. The SMILES string of the molecule is OCCNNC1CCCCC1. The van der Waals surface area contributed by atoms with Gasteiger partial charge in [0.2, 0.25) is 0 Å². The lowest BCUT2D eigenvalue weighted by atomic mass is 9.96. The van der Waals surface area contributed by atoms with E-state index in [1.165, 1.54) is 32.1 Å². The first-order valence-corrected chi connectivity index (χ1v) is 4.52. The van der Waals surface area contributed by atoms with E-state index in [1.807, 2.05) is 0 Å². The lowest BCUT2D eigenvalue weighted by Gasteiger charge is -2.22. The van der Waals surface area contributed by atoms with Gasteiger partial charge in [0.1, 0.15) is 0 Å². The van der Waals surface area contributed by atoms with E-state index in [9.17, 15) is 0 Å². The highest BCUT2D eigenvalue weighted by molar-refractivity contribution is 4.69. The Bertz CT molecular complexity index is 92.1. The molecular weight excluding hydrogens is 140 g/mol. The molecule has 3 N–H and O–H groups in total. The number of aliphatic hydroxyl groups excluding tert-OH is 1. The zero-order valence-corrected chi connectivity index (χ0v) is 6.97. The van der Waals surface area contributed by atoms with Gasteiger partial charge in [-0.1, -0.05) is 19.3 Å². The second kappa shape index (κ2) is 5.52. The van der Waals surface area contributed by atoms with Gasteiger partial charge in [0, 0.05) is 12.6 Å². The molecule has 0 bridgehead atoms. The third kappa shape index (κ3) is 3.70. The number of hydrazine groups is 1. The molecule has 3 heteroatoms. The van der Waals surface area contributed by atoms with Gasteiger partial charge in [0.15, 0.2) is 0 Å². The number of hydrogen-bond donors (Lipinski definition) is 3. The van der Waals surface area contributed by atoms with E-state index < -0.39 is 0 Å². The summed E-state index contributed by atoms with van der Waals surface area (Å²) in [6.45, 7) is 0.857. The number of aliphatic hydroxyl groups is 1. The first-order valence-electron chi connectivity index (χ1n) is 4.52. The van der Waals surface area contributed by atoms with Gasteiger partial charge in [-0.25, -0.2) is 0 Å². The average Bonchev–Trinajstić information content (AvgIpc) is 2.07. The van der Waals surface area contributed by atoms with Crippen molar-refractivity contribution in [2.75, 3.05) is 13.2 Å². The maximum atomic E-state index is 8.49. The highest BCUT2D eigenvalue weighted by Gasteiger charge is 2.11. The van der Waals surface area contributed by atoms with E-state index in [0.717, 1.165) is 0 Å². The topological polar surface area (TPSA) is 44.3 Å². The summed E-state index contributed by atoms with van der Waals surface area (Å²) in [5.41, 5.74) is 6.22. The van der Waals surface area contributed by atoms with E-state index in [0.29, 0.717) is 12.6 Å². The van der Waals surface area contributed by atoms with E-state index in [4.69, 9.17) is 5.11 Å². The van der Waals surface area contributed by atoms with Crippen molar-refractivity contribution >= 4 is 0 Å². The maximum Gasteiger partial charge on any atom is 0.0569 e. The summed E-state index contributed by atoms with van der Waals surface area (Å²) in [5, 5.41) is 8.49. The predicted octanol–water partition coefficient (Wildman–Crippen LogP) is 0.406. The van der Waals surface area contributed by atoms with Crippen LogP contribution in [0.15, 0.2) is 0 Å². The summed E-state index contributed by atoms with van der Waals surface area (Å²) in [6, 6.07) is 0.635. The molecule has 0 aromatic heterocycles. The van der Waals surface area contributed by atoms with Gasteiger partial charge in [-0.2, -0.15) is 0 Å². The average molecular weight is 158 g/mol. The molecule has 3 nitrogen and oxygen atoms in total. The van der Waals surface area contributed by atoms with Crippen molar-refractivity contribution in [3.8, 4) is 0 Å². The van der Waals surface area contributed by atoms with Gasteiger partial charge < -0.3 is 5.11 Å². The van der Waals surface area contributed by atoms with Gasteiger partial charge in [0.25, 0.3) is 0 Å². The summed E-state index contributed by atoms with van der Waals surface area (Å²) in [4.78, 5) is 0. The molecular formula is C8H18N2O. The van der Waals surface area contributed by atoms with Crippen LogP contribution in [-0.4, -0.2) is 24.3 Å². The van der Waals surface area contributed by atoms with Crippen molar-refractivity contribution in [3.05, 3.63) is 0 Å². The van der Waals surface area contributed by atoms with Crippen molar-refractivity contribution in [3.63, 3.8) is 0 Å². The van der Waals surface area contributed by atoms with Crippen molar-refractivity contribution in [2.45, 2.75) is 38.1 Å². The van der Waals surface area contributed by atoms with Crippen LogP contribution < -0.4 is 10.9 Å². The molecule has 0 aliphatic heterocycles. The third-order valence-electron chi connectivity index (χ3n) is 2.15. The van der Waals surface area contributed by atoms with Crippen LogP contribution in [-0.2, 0) is 0 Å². The molecule has 0 heterocycles. The zero-order chi connectivity index (χ0) is 7.94. The molecule has 1 saturated carbocycles. The summed E-state index contributed by atoms with van der Waals surface area (Å²) < 4.78 is 0. The largest absolute Gasteiger partial charge is 0.395 e. The minimum Gasteiger partial charge on any atom is -0.395 e. The van der Waals surface area contributed by atoms with Crippen LogP contribution >= 0.6 is 0 Å². The molecule has 0 aromatic rings. The Morgan fingerprint density at radius 2 is 1.91 bits per heavy atom. The summed E-state index contributed by atoms with van der Waals surface area (Å²) in [7, 11) is 0. The van der Waals surface area contributed by atoms with Crippen LogP contribution in [0.2, 0.25) is 0 Å². The van der Waals surface area contributed by atoms with E-state index >= 15 is 0 Å². The lowest BCUT2D eigenvalue weighted by molar-refractivity contribution is 0.264. The minimum atomic E-state index is 0.208. The van der Waals surface area contributed by atoms with Crippen LogP contribution in [0.5, 0.6) is 0 Å². The Hall–Kier alpha value is -0.120.